The van der Waals surface area contributed by atoms with Gasteiger partial charge in [-0.05, 0) is 58.5 Å². The number of carbonyl (C=O) groups excluding carboxylic acids is 2. The highest BCUT2D eigenvalue weighted by Crippen LogP contribution is 2.34. The Morgan fingerprint density at radius 2 is 1.80 bits per heavy atom. The first-order valence-corrected chi connectivity index (χ1v) is 15.5. The predicted octanol–water partition coefficient (Wildman–Crippen LogP) is 5.77. The van der Waals surface area contributed by atoms with Crippen LogP contribution in [0.4, 0.5) is 27.8 Å². The van der Waals surface area contributed by atoms with Crippen molar-refractivity contribution in [3.05, 3.63) is 60.4 Å². The molecule has 1 fully saturated rings. The van der Waals surface area contributed by atoms with E-state index in [0.717, 1.165) is 49.3 Å². The van der Waals surface area contributed by atoms with E-state index >= 15 is 0 Å². The van der Waals surface area contributed by atoms with Gasteiger partial charge in [0.15, 0.2) is 0 Å². The van der Waals surface area contributed by atoms with Crippen molar-refractivity contribution in [1.82, 2.24) is 19.4 Å². The second kappa shape index (κ2) is 13.9. The van der Waals surface area contributed by atoms with Gasteiger partial charge in [0.2, 0.25) is 5.95 Å². The van der Waals surface area contributed by atoms with Crippen LogP contribution in [0.3, 0.4) is 0 Å². The lowest BCUT2D eigenvalue weighted by Gasteiger charge is -2.35. The van der Waals surface area contributed by atoms with E-state index < -0.39 is 11.7 Å². The van der Waals surface area contributed by atoms with E-state index in [9.17, 15) is 14.9 Å². The van der Waals surface area contributed by atoms with Crippen molar-refractivity contribution >= 4 is 46.0 Å². The van der Waals surface area contributed by atoms with Crippen LogP contribution in [0.2, 0.25) is 0 Å². The number of amides is 1. The monoisotopic (exact) mass is 624 g/mol. The van der Waals surface area contributed by atoms with Gasteiger partial charge in [0, 0.05) is 54.5 Å². The van der Waals surface area contributed by atoms with E-state index in [-0.39, 0.29) is 30.6 Å². The summed E-state index contributed by atoms with van der Waals surface area (Å²) in [6.07, 6.45) is 2.68. The number of carbonyl (C=O) groups is 2. The molecule has 3 heterocycles. The summed E-state index contributed by atoms with van der Waals surface area (Å²) in [5.41, 5.74) is 3.53. The quantitative estimate of drug-likeness (QED) is 0.221. The Hall–Kier alpha value is -5.15. The fourth-order valence-corrected chi connectivity index (χ4v) is 5.44. The van der Waals surface area contributed by atoms with Gasteiger partial charge in [-0.15, -0.1) is 0 Å². The zero-order chi connectivity index (χ0) is 32.8. The van der Waals surface area contributed by atoms with Gasteiger partial charge in [-0.3, -0.25) is 10.1 Å². The lowest BCUT2D eigenvalue weighted by atomic mass is 10.1. The number of hydrogen-bond acceptors (Lipinski definition) is 10. The minimum Gasteiger partial charge on any atom is -0.465 e. The summed E-state index contributed by atoms with van der Waals surface area (Å²) in [5, 5.41) is 16.9. The number of para-hydroxylation sites is 1. The Morgan fingerprint density at radius 1 is 1.04 bits per heavy atom. The molecule has 1 aliphatic heterocycles. The van der Waals surface area contributed by atoms with Gasteiger partial charge in [0.1, 0.15) is 18.2 Å². The Bertz CT molecular complexity index is 1760. The number of nitrogens with one attached hydrogen (secondary N) is 2. The Balaban J connectivity index is 1.50. The van der Waals surface area contributed by atoms with E-state index in [1.807, 2.05) is 63.2 Å². The van der Waals surface area contributed by atoms with Crippen molar-refractivity contribution in [3.8, 4) is 17.3 Å². The number of anilines is 4. The van der Waals surface area contributed by atoms with Crippen molar-refractivity contribution < 1.29 is 19.1 Å². The minimum absolute atomic E-state index is 0.0198. The average Bonchev–Trinajstić information content (AvgIpc) is 3.39. The van der Waals surface area contributed by atoms with E-state index in [2.05, 4.69) is 38.4 Å². The average molecular weight is 625 g/mol. The van der Waals surface area contributed by atoms with Crippen molar-refractivity contribution in [2.75, 3.05) is 54.9 Å². The van der Waals surface area contributed by atoms with Gasteiger partial charge in [-0.1, -0.05) is 25.1 Å². The summed E-state index contributed by atoms with van der Waals surface area (Å²) in [5.74, 6) is -0.131. The maximum absolute atomic E-state index is 12.9. The van der Waals surface area contributed by atoms with Crippen LogP contribution in [0.5, 0.6) is 0 Å². The van der Waals surface area contributed by atoms with Crippen molar-refractivity contribution in [2.45, 2.75) is 46.8 Å². The molecule has 0 aliphatic carbocycles. The van der Waals surface area contributed by atoms with E-state index in [0.29, 0.717) is 22.6 Å². The first-order chi connectivity index (χ1) is 22.1. The number of ether oxygens (including phenoxy) is 2. The zero-order valence-corrected chi connectivity index (χ0v) is 27.0. The molecule has 12 nitrogen and oxygen atoms in total. The summed E-state index contributed by atoms with van der Waals surface area (Å²) in [4.78, 5) is 39.1. The number of hydrogen-bond donors (Lipinski definition) is 2. The van der Waals surface area contributed by atoms with Gasteiger partial charge in [0.25, 0.3) is 0 Å². The van der Waals surface area contributed by atoms with E-state index in [1.165, 1.54) is 6.20 Å². The zero-order valence-electron chi connectivity index (χ0n) is 27.0. The molecule has 12 heteroatoms. The molecule has 5 rings (SSSR count). The Morgan fingerprint density at radius 3 is 2.50 bits per heavy atom. The molecule has 1 amide bonds. The maximum atomic E-state index is 12.9. The predicted molar refractivity (Wildman–Crippen MR) is 178 cm³/mol. The van der Waals surface area contributed by atoms with Crippen LogP contribution < -0.4 is 15.5 Å². The number of benzene rings is 2. The summed E-state index contributed by atoms with van der Waals surface area (Å²) in [7, 11) is 0. The number of piperazine rings is 1. The second-order valence-electron chi connectivity index (χ2n) is 12.0. The highest BCUT2D eigenvalue weighted by molar-refractivity contribution is 5.97. The minimum atomic E-state index is -0.677. The molecule has 2 aromatic carbocycles. The number of aromatic nitrogens is 3. The van der Waals surface area contributed by atoms with Crippen LogP contribution in [-0.4, -0.2) is 76.4 Å². The lowest BCUT2D eigenvalue weighted by Crippen LogP contribution is -2.46. The molecule has 0 atom stereocenters. The number of esters is 1. The fourth-order valence-electron chi connectivity index (χ4n) is 5.44. The molecule has 0 bridgehead atoms. The first-order valence-electron chi connectivity index (χ1n) is 15.5. The molecule has 1 aliphatic rings. The van der Waals surface area contributed by atoms with Crippen LogP contribution in [0.15, 0.2) is 54.9 Å². The SMILES string of the molecule is CCOC(=O)Cn1cc(-c2nc(Nc3ccc(N4CCN(CC)CC4)cc3NC(=O)OC(C)(C)C)ncc2C#N)c2ccccc21. The van der Waals surface area contributed by atoms with E-state index in [4.69, 9.17) is 14.5 Å². The van der Waals surface area contributed by atoms with Crippen LogP contribution in [-0.2, 0) is 20.8 Å². The van der Waals surface area contributed by atoms with Gasteiger partial charge in [-0.25, -0.2) is 14.8 Å². The molecule has 2 aromatic heterocycles. The molecule has 0 radical (unpaired) electrons. The van der Waals surface area contributed by atoms with Crippen LogP contribution in [0, 0.1) is 11.3 Å². The molecular weight excluding hydrogens is 584 g/mol. The van der Waals surface area contributed by atoms with Gasteiger partial charge in [-0.2, -0.15) is 5.26 Å². The lowest BCUT2D eigenvalue weighted by molar-refractivity contribution is -0.143. The standard InChI is InChI=1S/C34H40N8O4/c1-6-40-14-16-41(17-15-40)24-12-13-27(28(18-24)38-33(44)46-34(3,4)5)37-32-36-20-23(19-35)31(39-32)26-21-42(22-30(43)45-7-2)29-11-9-8-10-25(26)29/h8-13,18,20-21H,6-7,14-17,22H2,1-5H3,(H,38,44)(H,36,37,39). The molecule has 0 saturated carbocycles. The Kier molecular flexibility index (Phi) is 9.72. The van der Waals surface area contributed by atoms with Gasteiger partial charge < -0.3 is 29.2 Å². The highest BCUT2D eigenvalue weighted by atomic mass is 16.6. The topological polar surface area (TPSA) is 138 Å². The number of fused-ring (bicyclic) bond motifs is 1. The maximum Gasteiger partial charge on any atom is 0.412 e. The normalized spacial score (nSPS) is 13.7. The summed E-state index contributed by atoms with van der Waals surface area (Å²) in [6, 6.07) is 15.6. The third kappa shape index (κ3) is 7.55. The highest BCUT2D eigenvalue weighted by Gasteiger charge is 2.22. The molecule has 0 unspecified atom stereocenters. The first kappa shape index (κ1) is 32.2. The number of nitrogens with zero attached hydrogens (tertiary/aromatic N) is 6. The third-order valence-corrected chi connectivity index (χ3v) is 7.63. The smallest absolute Gasteiger partial charge is 0.412 e. The van der Waals surface area contributed by atoms with Crippen LogP contribution >= 0.6 is 0 Å². The number of nitriles is 1. The second-order valence-corrected chi connectivity index (χ2v) is 12.0. The van der Waals surface area contributed by atoms with Gasteiger partial charge >= 0.3 is 12.1 Å². The van der Waals surface area contributed by atoms with Crippen LogP contribution in [0.1, 0.15) is 40.2 Å². The molecule has 46 heavy (non-hydrogen) atoms. The fraction of sp³-hybridized carbons (Fsp3) is 0.382. The summed E-state index contributed by atoms with van der Waals surface area (Å²) in [6.45, 7) is 14.3. The number of rotatable bonds is 9. The summed E-state index contributed by atoms with van der Waals surface area (Å²) >= 11 is 0. The molecule has 2 N–H and O–H groups in total. The van der Waals surface area contributed by atoms with Crippen molar-refractivity contribution in [2.24, 2.45) is 0 Å². The van der Waals surface area contributed by atoms with Crippen molar-refractivity contribution in [3.63, 3.8) is 0 Å². The molecule has 4 aromatic rings. The molecule has 1 saturated heterocycles. The molecular formula is C34H40N8O4. The summed E-state index contributed by atoms with van der Waals surface area (Å²) < 4.78 is 12.5. The van der Waals surface area contributed by atoms with Crippen molar-refractivity contribution in [1.29, 1.82) is 5.26 Å². The van der Waals surface area contributed by atoms with Gasteiger partial charge in [0.05, 0.1) is 35.4 Å². The number of likely N-dealkylation sites (N-methyl/N-ethyl adjacent to an activating group) is 1. The molecule has 240 valence electrons. The Labute approximate surface area is 268 Å². The molecule has 0 spiro atoms. The van der Waals surface area contributed by atoms with E-state index in [1.54, 1.807) is 17.7 Å². The third-order valence-electron chi connectivity index (χ3n) is 7.63. The largest absolute Gasteiger partial charge is 0.465 e. The van der Waals surface area contributed by atoms with Crippen LogP contribution in [0.25, 0.3) is 22.2 Å².